The van der Waals surface area contributed by atoms with Gasteiger partial charge in [0.1, 0.15) is 12.1 Å². The lowest BCUT2D eigenvalue weighted by molar-refractivity contribution is 0.135. The van der Waals surface area contributed by atoms with Crippen molar-refractivity contribution in [2.45, 2.75) is 37.8 Å². The number of pyridine rings is 1. The molecule has 4 N–H and O–H groups in total. The molecule has 2 fully saturated rings. The quantitative estimate of drug-likeness (QED) is 0.617. The van der Waals surface area contributed by atoms with Crippen LogP contribution in [-0.2, 0) is 0 Å². The zero-order valence-corrected chi connectivity index (χ0v) is 17.2. The third-order valence-corrected chi connectivity index (χ3v) is 6.43. The number of anilines is 2. The molecule has 1 aliphatic heterocycles. The number of piperazine rings is 1. The SMILES string of the molecule is Nc1cncc(-c2ccc3ncnc(NC4CCC(N5CCNCC5)CC4)c3c2)c1. The van der Waals surface area contributed by atoms with Crippen molar-refractivity contribution in [2.75, 3.05) is 37.2 Å². The molecule has 0 atom stereocenters. The van der Waals surface area contributed by atoms with Gasteiger partial charge in [0.2, 0.25) is 0 Å². The fourth-order valence-corrected chi connectivity index (χ4v) is 4.79. The zero-order valence-electron chi connectivity index (χ0n) is 17.2. The molecule has 0 unspecified atom stereocenters. The number of nitrogens with two attached hydrogens (primary N) is 1. The predicted octanol–water partition coefficient (Wildman–Crippen LogP) is 2.90. The second-order valence-corrected chi connectivity index (χ2v) is 8.40. The highest BCUT2D eigenvalue weighted by Gasteiger charge is 2.27. The summed E-state index contributed by atoms with van der Waals surface area (Å²) in [7, 11) is 0. The van der Waals surface area contributed by atoms with Gasteiger partial charge in [-0.1, -0.05) is 6.07 Å². The average Bonchev–Trinajstić information content (AvgIpc) is 2.80. The topological polar surface area (TPSA) is 92.0 Å². The van der Waals surface area contributed by atoms with Crippen LogP contribution in [-0.4, -0.2) is 58.1 Å². The molecular weight excluding hydrogens is 374 g/mol. The molecule has 0 amide bonds. The van der Waals surface area contributed by atoms with Crippen molar-refractivity contribution in [2.24, 2.45) is 0 Å². The third-order valence-electron chi connectivity index (χ3n) is 6.43. The monoisotopic (exact) mass is 403 g/mol. The molecule has 1 saturated carbocycles. The first-order chi connectivity index (χ1) is 14.8. The predicted molar refractivity (Wildman–Crippen MR) is 121 cm³/mol. The number of nitrogens with one attached hydrogen (secondary N) is 2. The normalized spacial score (nSPS) is 22.8. The van der Waals surface area contributed by atoms with E-state index in [-0.39, 0.29) is 0 Å². The minimum Gasteiger partial charge on any atom is -0.397 e. The molecule has 7 heteroatoms. The molecule has 1 saturated heterocycles. The molecule has 1 aliphatic carbocycles. The van der Waals surface area contributed by atoms with Crippen LogP contribution in [0.1, 0.15) is 25.7 Å². The molecule has 0 spiro atoms. The number of benzene rings is 1. The maximum Gasteiger partial charge on any atom is 0.137 e. The first kappa shape index (κ1) is 19.2. The van der Waals surface area contributed by atoms with Gasteiger partial charge >= 0.3 is 0 Å². The van der Waals surface area contributed by atoms with Crippen molar-refractivity contribution in [3.8, 4) is 11.1 Å². The second-order valence-electron chi connectivity index (χ2n) is 8.40. The van der Waals surface area contributed by atoms with Crippen LogP contribution in [0.4, 0.5) is 11.5 Å². The van der Waals surface area contributed by atoms with Crippen LogP contribution >= 0.6 is 0 Å². The highest BCUT2D eigenvalue weighted by atomic mass is 15.2. The maximum absolute atomic E-state index is 5.92. The van der Waals surface area contributed by atoms with Gasteiger partial charge < -0.3 is 16.4 Å². The van der Waals surface area contributed by atoms with E-state index in [2.05, 4.69) is 42.6 Å². The lowest BCUT2D eigenvalue weighted by Crippen LogP contribution is -2.50. The van der Waals surface area contributed by atoms with Crippen LogP contribution in [0.2, 0.25) is 0 Å². The zero-order chi connectivity index (χ0) is 20.3. The van der Waals surface area contributed by atoms with E-state index >= 15 is 0 Å². The Labute approximate surface area is 177 Å². The highest BCUT2D eigenvalue weighted by molar-refractivity contribution is 5.92. The molecule has 1 aromatic carbocycles. The summed E-state index contributed by atoms with van der Waals surface area (Å²) >= 11 is 0. The van der Waals surface area contributed by atoms with Crippen LogP contribution < -0.4 is 16.4 Å². The lowest BCUT2D eigenvalue weighted by atomic mass is 9.89. The minimum atomic E-state index is 0.458. The van der Waals surface area contributed by atoms with Gasteiger partial charge in [0, 0.05) is 61.6 Å². The summed E-state index contributed by atoms with van der Waals surface area (Å²) in [6.45, 7) is 4.61. The Hall–Kier alpha value is -2.77. The van der Waals surface area contributed by atoms with E-state index in [1.54, 1.807) is 12.5 Å². The van der Waals surface area contributed by atoms with Gasteiger partial charge in [-0.2, -0.15) is 0 Å². The molecule has 2 aromatic heterocycles. The second kappa shape index (κ2) is 8.53. The molecule has 7 nitrogen and oxygen atoms in total. The Bertz CT molecular complexity index is 1010. The van der Waals surface area contributed by atoms with Crippen molar-refractivity contribution in [3.63, 3.8) is 0 Å². The molecule has 3 aromatic rings. The Kier molecular flexibility index (Phi) is 5.46. The highest BCUT2D eigenvalue weighted by Crippen LogP contribution is 2.30. The minimum absolute atomic E-state index is 0.458. The van der Waals surface area contributed by atoms with Crippen LogP contribution in [0.3, 0.4) is 0 Å². The van der Waals surface area contributed by atoms with Crippen LogP contribution in [0.5, 0.6) is 0 Å². The van der Waals surface area contributed by atoms with Crippen molar-refractivity contribution < 1.29 is 0 Å². The van der Waals surface area contributed by atoms with Crippen molar-refractivity contribution in [1.29, 1.82) is 0 Å². The summed E-state index contributed by atoms with van der Waals surface area (Å²) < 4.78 is 0. The van der Waals surface area contributed by atoms with Gasteiger partial charge in [0.05, 0.1) is 11.2 Å². The Balaban J connectivity index is 1.32. The molecular formula is C23H29N7. The number of aromatic nitrogens is 3. The molecule has 0 bridgehead atoms. The molecule has 5 rings (SSSR count). The standard InChI is InChI=1S/C23H29N7/c24-18-11-17(13-26-14-18)16-1-6-22-21(12-16)23(28-15-27-22)29-19-2-4-20(5-3-19)30-9-7-25-8-10-30/h1,6,11-15,19-20,25H,2-5,7-10,24H2,(H,27,28,29). The fourth-order valence-electron chi connectivity index (χ4n) is 4.79. The smallest absolute Gasteiger partial charge is 0.137 e. The van der Waals surface area contributed by atoms with Crippen LogP contribution in [0.15, 0.2) is 43.0 Å². The summed E-state index contributed by atoms with van der Waals surface area (Å²) in [5.74, 6) is 0.921. The average molecular weight is 404 g/mol. The fraction of sp³-hybridized carbons (Fsp3) is 0.435. The Morgan fingerprint density at radius 1 is 0.967 bits per heavy atom. The molecule has 2 aliphatic rings. The number of nitrogen functional groups attached to an aromatic ring is 1. The van der Waals surface area contributed by atoms with E-state index in [0.29, 0.717) is 11.7 Å². The maximum atomic E-state index is 5.92. The number of rotatable bonds is 4. The van der Waals surface area contributed by atoms with Crippen LogP contribution in [0, 0.1) is 0 Å². The first-order valence-electron chi connectivity index (χ1n) is 10.9. The molecule has 0 radical (unpaired) electrons. The van der Waals surface area contributed by atoms with E-state index < -0.39 is 0 Å². The number of fused-ring (bicyclic) bond motifs is 1. The third kappa shape index (κ3) is 4.08. The molecule has 3 heterocycles. The van der Waals surface area contributed by atoms with Gasteiger partial charge in [-0.25, -0.2) is 9.97 Å². The van der Waals surface area contributed by atoms with Gasteiger partial charge in [-0.05, 0) is 49.4 Å². The summed E-state index contributed by atoms with van der Waals surface area (Å²) in [6.07, 6.45) is 10.0. The van der Waals surface area contributed by atoms with Gasteiger partial charge in [0.25, 0.3) is 0 Å². The van der Waals surface area contributed by atoms with Gasteiger partial charge in [-0.3, -0.25) is 9.88 Å². The largest absolute Gasteiger partial charge is 0.397 e. The first-order valence-corrected chi connectivity index (χ1v) is 10.9. The Morgan fingerprint density at radius 3 is 2.60 bits per heavy atom. The van der Waals surface area contributed by atoms with Crippen LogP contribution in [0.25, 0.3) is 22.0 Å². The number of nitrogens with zero attached hydrogens (tertiary/aromatic N) is 4. The number of hydrogen-bond donors (Lipinski definition) is 3. The molecule has 30 heavy (non-hydrogen) atoms. The van der Waals surface area contributed by atoms with E-state index in [9.17, 15) is 0 Å². The summed E-state index contributed by atoms with van der Waals surface area (Å²) in [5.41, 5.74) is 9.61. The van der Waals surface area contributed by atoms with Gasteiger partial charge in [0.15, 0.2) is 0 Å². The van der Waals surface area contributed by atoms with E-state index in [1.807, 2.05) is 18.3 Å². The van der Waals surface area contributed by atoms with Crippen molar-refractivity contribution in [3.05, 3.63) is 43.0 Å². The van der Waals surface area contributed by atoms with Crippen molar-refractivity contribution >= 4 is 22.4 Å². The van der Waals surface area contributed by atoms with E-state index in [4.69, 9.17) is 5.73 Å². The Morgan fingerprint density at radius 2 is 1.80 bits per heavy atom. The summed E-state index contributed by atoms with van der Waals surface area (Å²) in [5, 5.41) is 8.21. The molecule has 156 valence electrons. The lowest BCUT2D eigenvalue weighted by Gasteiger charge is -2.39. The van der Waals surface area contributed by atoms with Crippen molar-refractivity contribution in [1.82, 2.24) is 25.2 Å². The number of hydrogen-bond acceptors (Lipinski definition) is 7. The summed E-state index contributed by atoms with van der Waals surface area (Å²) in [6, 6.07) is 9.38. The summed E-state index contributed by atoms with van der Waals surface area (Å²) in [4.78, 5) is 15.9. The van der Waals surface area contributed by atoms with E-state index in [1.165, 1.54) is 38.8 Å². The van der Waals surface area contributed by atoms with Gasteiger partial charge in [-0.15, -0.1) is 0 Å². The van der Waals surface area contributed by atoms with E-state index in [0.717, 1.165) is 47.0 Å².